The second kappa shape index (κ2) is 4.94. The van der Waals surface area contributed by atoms with E-state index in [0.717, 1.165) is 0 Å². The molecule has 0 saturated heterocycles. The van der Waals surface area contributed by atoms with Gasteiger partial charge in [0, 0.05) is 0 Å². The number of aliphatic hydroxyl groups excluding tert-OH is 3. The smallest absolute Gasteiger partial charge is 0.340 e. The molecule has 4 rings (SSSR count). The first-order valence-electron chi connectivity index (χ1n) is 7.17. The predicted molar refractivity (Wildman–Crippen MR) is 76.8 cm³/mol. The van der Waals surface area contributed by atoms with Crippen LogP contribution in [0.25, 0.3) is 5.57 Å². The summed E-state index contributed by atoms with van der Waals surface area (Å²) in [5, 5.41) is 41.7. The lowest BCUT2D eigenvalue weighted by Gasteiger charge is -2.39. The normalized spacial score (nSPS) is 30.1. The molecule has 126 valence electrons. The van der Waals surface area contributed by atoms with E-state index in [-0.39, 0.29) is 35.0 Å². The third-order valence-electron chi connectivity index (χ3n) is 4.43. The van der Waals surface area contributed by atoms with Gasteiger partial charge in [0.25, 0.3) is 5.91 Å². The third kappa shape index (κ3) is 1.86. The molecule has 9 heteroatoms. The van der Waals surface area contributed by atoms with Crippen LogP contribution in [-0.2, 0) is 0 Å². The number of nitrogens with one attached hydrogen (secondary N) is 1. The molecule has 0 saturated carbocycles. The number of aromatic carboxylic acids is 1. The quantitative estimate of drug-likeness (QED) is 0.426. The fourth-order valence-corrected chi connectivity index (χ4v) is 3.31. The fraction of sp³-hybridized carbons (Fsp3) is 0.333. The first kappa shape index (κ1) is 14.9. The number of rotatable bonds is 1. The highest BCUT2D eigenvalue weighted by molar-refractivity contribution is 6.13. The zero-order chi connectivity index (χ0) is 17.2. The number of hydrogen-bond donors (Lipinski definition) is 5. The molecule has 0 bridgehead atoms. The molecule has 1 aliphatic carbocycles. The van der Waals surface area contributed by atoms with Crippen molar-refractivity contribution >= 4 is 17.4 Å². The van der Waals surface area contributed by atoms with Crippen molar-refractivity contribution in [1.82, 2.24) is 5.32 Å². The van der Waals surface area contributed by atoms with E-state index in [1.165, 1.54) is 12.1 Å². The maximum Gasteiger partial charge on any atom is 0.340 e. The number of fused-ring (bicyclic) bond motifs is 4. The van der Waals surface area contributed by atoms with E-state index >= 15 is 0 Å². The summed E-state index contributed by atoms with van der Waals surface area (Å²) < 4.78 is 10.4. The average molecular weight is 335 g/mol. The van der Waals surface area contributed by atoms with Gasteiger partial charge in [0.15, 0.2) is 11.5 Å². The standard InChI is InChI=1S/C15H13NO8/c17-6-1-5-4-2-7-13(24-3-23-7)9(15(21)22)8(4)14(20)16-10(5)12(19)11(6)18/h1-2,6,10-12,17-19H,3H2,(H,16,20)(H,21,22)/t6-,10+,11+,12-/m0/s1. The number of amides is 1. The molecule has 3 aliphatic rings. The van der Waals surface area contributed by atoms with E-state index in [2.05, 4.69) is 5.32 Å². The number of aliphatic hydroxyl groups is 3. The monoisotopic (exact) mass is 335 g/mol. The van der Waals surface area contributed by atoms with Gasteiger partial charge in [0.1, 0.15) is 23.9 Å². The first-order valence-corrected chi connectivity index (χ1v) is 7.17. The molecule has 2 heterocycles. The first-order chi connectivity index (χ1) is 11.4. The van der Waals surface area contributed by atoms with Gasteiger partial charge >= 0.3 is 5.97 Å². The summed E-state index contributed by atoms with van der Waals surface area (Å²) >= 11 is 0. The van der Waals surface area contributed by atoms with Crippen molar-refractivity contribution < 1.29 is 39.5 Å². The van der Waals surface area contributed by atoms with Gasteiger partial charge in [-0.1, -0.05) is 0 Å². The Bertz CT molecular complexity index is 801. The fourth-order valence-electron chi connectivity index (χ4n) is 3.31. The molecule has 0 unspecified atom stereocenters. The van der Waals surface area contributed by atoms with Gasteiger partial charge in [-0.05, 0) is 23.3 Å². The van der Waals surface area contributed by atoms with Gasteiger partial charge in [-0.2, -0.15) is 0 Å². The molecule has 2 aliphatic heterocycles. The molecule has 1 amide bonds. The summed E-state index contributed by atoms with van der Waals surface area (Å²) in [6.07, 6.45) is -2.97. The van der Waals surface area contributed by atoms with E-state index < -0.39 is 36.2 Å². The summed E-state index contributed by atoms with van der Waals surface area (Å²) in [7, 11) is 0. The van der Waals surface area contributed by atoms with Crippen LogP contribution in [0.15, 0.2) is 12.1 Å². The van der Waals surface area contributed by atoms with Crippen molar-refractivity contribution in [3.05, 3.63) is 28.8 Å². The Labute approximate surface area is 134 Å². The maximum atomic E-state index is 12.4. The number of hydrogen-bond acceptors (Lipinski definition) is 7. The van der Waals surface area contributed by atoms with Crippen LogP contribution in [0, 0.1) is 0 Å². The molecule has 4 atom stereocenters. The topological polar surface area (TPSA) is 146 Å². The Morgan fingerprint density at radius 2 is 1.96 bits per heavy atom. The van der Waals surface area contributed by atoms with Crippen molar-refractivity contribution in [2.24, 2.45) is 0 Å². The van der Waals surface area contributed by atoms with Gasteiger partial charge in [0.2, 0.25) is 6.79 Å². The minimum absolute atomic E-state index is 0.0348. The second-order valence-electron chi connectivity index (χ2n) is 5.76. The van der Waals surface area contributed by atoms with Crippen LogP contribution in [-0.4, -0.2) is 63.4 Å². The summed E-state index contributed by atoms with van der Waals surface area (Å²) in [4.78, 5) is 24.1. The van der Waals surface area contributed by atoms with Crippen LogP contribution >= 0.6 is 0 Å². The highest BCUT2D eigenvalue weighted by Crippen LogP contribution is 2.45. The Morgan fingerprint density at radius 3 is 2.67 bits per heavy atom. The lowest BCUT2D eigenvalue weighted by atomic mass is 9.78. The van der Waals surface area contributed by atoms with E-state index in [0.29, 0.717) is 5.57 Å². The van der Waals surface area contributed by atoms with Gasteiger partial charge < -0.3 is 35.2 Å². The van der Waals surface area contributed by atoms with Gasteiger partial charge in [-0.15, -0.1) is 0 Å². The van der Waals surface area contributed by atoms with Crippen LogP contribution in [0.4, 0.5) is 0 Å². The highest BCUT2D eigenvalue weighted by Gasteiger charge is 2.45. The largest absolute Gasteiger partial charge is 0.478 e. The summed E-state index contributed by atoms with van der Waals surface area (Å²) in [5.74, 6) is -1.95. The molecular weight excluding hydrogens is 322 g/mol. The Morgan fingerprint density at radius 1 is 1.21 bits per heavy atom. The number of carboxylic acids is 1. The molecule has 0 radical (unpaired) electrons. The van der Waals surface area contributed by atoms with Crippen molar-refractivity contribution in [3.8, 4) is 11.5 Å². The van der Waals surface area contributed by atoms with Gasteiger partial charge in [-0.3, -0.25) is 4.79 Å². The predicted octanol–water partition coefficient (Wildman–Crippen LogP) is -1.29. The SMILES string of the molecule is O=C1N[C@@H]2C(=C[C@H](O)[C@@H](O)[C@H]2O)c2cc3c(c(C(=O)O)c21)OCO3. The molecule has 9 nitrogen and oxygen atoms in total. The van der Waals surface area contributed by atoms with Crippen LogP contribution in [0.5, 0.6) is 11.5 Å². The number of ether oxygens (including phenoxy) is 2. The minimum atomic E-state index is -1.46. The molecule has 0 fully saturated rings. The van der Waals surface area contributed by atoms with E-state index in [4.69, 9.17) is 9.47 Å². The number of carbonyl (C=O) groups is 2. The molecular formula is C15H13NO8. The maximum absolute atomic E-state index is 12.4. The van der Waals surface area contributed by atoms with Crippen molar-refractivity contribution in [2.45, 2.75) is 24.4 Å². The Balaban J connectivity index is 2.00. The average Bonchev–Trinajstić information content (AvgIpc) is 3.00. The van der Waals surface area contributed by atoms with Crippen LogP contribution in [0.3, 0.4) is 0 Å². The van der Waals surface area contributed by atoms with Crippen molar-refractivity contribution in [1.29, 1.82) is 0 Å². The van der Waals surface area contributed by atoms with Crippen LogP contribution in [0.1, 0.15) is 26.3 Å². The van der Waals surface area contributed by atoms with E-state index in [1.807, 2.05) is 0 Å². The zero-order valence-electron chi connectivity index (χ0n) is 12.1. The molecule has 0 spiro atoms. The third-order valence-corrected chi connectivity index (χ3v) is 4.43. The summed E-state index contributed by atoms with van der Waals surface area (Å²) in [5.41, 5.74) is 0.0584. The molecule has 0 aromatic heterocycles. The minimum Gasteiger partial charge on any atom is -0.478 e. The number of carboxylic acid groups (broad SMARTS) is 1. The lowest BCUT2D eigenvalue weighted by Crippen LogP contribution is -2.57. The zero-order valence-corrected chi connectivity index (χ0v) is 12.1. The molecule has 5 N–H and O–H groups in total. The Kier molecular flexibility index (Phi) is 3.07. The second-order valence-corrected chi connectivity index (χ2v) is 5.76. The number of carbonyl (C=O) groups excluding carboxylic acids is 1. The van der Waals surface area contributed by atoms with Crippen molar-refractivity contribution in [2.75, 3.05) is 6.79 Å². The lowest BCUT2D eigenvalue weighted by molar-refractivity contribution is -0.0535. The molecule has 24 heavy (non-hydrogen) atoms. The van der Waals surface area contributed by atoms with Gasteiger partial charge in [-0.25, -0.2) is 4.79 Å². The highest BCUT2D eigenvalue weighted by atomic mass is 16.7. The van der Waals surface area contributed by atoms with Crippen LogP contribution in [0.2, 0.25) is 0 Å². The summed E-state index contributed by atoms with van der Waals surface area (Å²) in [6, 6.07) is 0.476. The summed E-state index contributed by atoms with van der Waals surface area (Å²) in [6.45, 7) is -0.174. The molecule has 1 aromatic rings. The van der Waals surface area contributed by atoms with E-state index in [1.54, 1.807) is 0 Å². The number of benzene rings is 1. The van der Waals surface area contributed by atoms with E-state index in [9.17, 15) is 30.0 Å². The van der Waals surface area contributed by atoms with Crippen LogP contribution < -0.4 is 14.8 Å². The molecule has 1 aromatic carbocycles. The van der Waals surface area contributed by atoms with Gasteiger partial charge in [0.05, 0.1) is 11.6 Å². The van der Waals surface area contributed by atoms with Crippen molar-refractivity contribution in [3.63, 3.8) is 0 Å². The Hall–Kier alpha value is -2.62.